The Bertz CT molecular complexity index is 716. The second-order valence-electron chi connectivity index (χ2n) is 18.2. The lowest BCUT2D eigenvalue weighted by Gasteiger charge is -2.23. The number of rotatable bonds is 37. The molecule has 0 aromatic rings. The Morgan fingerprint density at radius 2 is 0.500 bits per heavy atom. The van der Waals surface area contributed by atoms with Crippen LogP contribution in [0, 0.1) is 0 Å². The molecule has 8 nitrogen and oxygen atoms in total. The number of carboxylic acid groups (broad SMARTS) is 2. The van der Waals surface area contributed by atoms with Crippen LogP contribution in [0.25, 0.3) is 0 Å². The Kier molecular flexibility index (Phi) is 43.8. The highest BCUT2D eigenvalue weighted by Crippen LogP contribution is 2.15. The van der Waals surface area contributed by atoms with Crippen LogP contribution in [-0.2, 0) is 9.59 Å². The van der Waals surface area contributed by atoms with Gasteiger partial charge in [0.25, 0.3) is 0 Å². The molecule has 0 fully saturated rings. The highest BCUT2D eigenvalue weighted by atomic mass is 16.4. The monoisotopic (exact) mass is 773 g/mol. The van der Waals surface area contributed by atoms with Crippen LogP contribution < -0.4 is 10.2 Å². The lowest BCUT2D eigenvalue weighted by molar-refractivity contribution is -0.870. The summed E-state index contributed by atoms with van der Waals surface area (Å²) in [5.41, 5.74) is 0. The van der Waals surface area contributed by atoms with E-state index in [1.54, 1.807) is 0 Å². The van der Waals surface area contributed by atoms with Crippen LogP contribution >= 0.6 is 0 Å². The van der Waals surface area contributed by atoms with Crippen LogP contribution in [0.3, 0.4) is 0 Å². The predicted molar refractivity (Wildman–Crippen MR) is 227 cm³/mol. The summed E-state index contributed by atoms with van der Waals surface area (Å²) < 4.78 is 2.25. The fourth-order valence-corrected chi connectivity index (χ4v) is 6.53. The lowest BCUT2D eigenvalue weighted by Crippen LogP contribution is -2.51. The molecular weight excluding hydrogens is 677 g/mol. The third-order valence-electron chi connectivity index (χ3n) is 10.1. The third-order valence-corrected chi connectivity index (χ3v) is 10.1. The van der Waals surface area contributed by atoms with Gasteiger partial charge in [-0.2, -0.15) is 0 Å². The molecule has 2 unspecified atom stereocenters. The number of aliphatic hydroxyl groups excluding tert-OH is 2. The fraction of sp³-hybridized carbons (Fsp3) is 0.957. The first-order valence-corrected chi connectivity index (χ1v) is 23.0. The molecule has 0 aliphatic rings. The first-order valence-electron chi connectivity index (χ1n) is 23.0. The van der Waals surface area contributed by atoms with Gasteiger partial charge in [0.15, 0.2) is 0 Å². The molecule has 0 aromatic heterocycles. The van der Waals surface area contributed by atoms with Gasteiger partial charge in [0.1, 0.15) is 12.2 Å². The lowest BCUT2D eigenvalue weighted by atomic mass is 10.0. The Morgan fingerprint density at radius 1 is 0.352 bits per heavy atom. The summed E-state index contributed by atoms with van der Waals surface area (Å²) in [7, 11) is 13.8. The van der Waals surface area contributed by atoms with Crippen molar-refractivity contribution in [1.82, 2.24) is 0 Å². The first kappa shape index (κ1) is 57.1. The number of aliphatic carboxylic acids is 2. The van der Waals surface area contributed by atoms with E-state index in [1.807, 2.05) is 0 Å². The molecule has 0 saturated carbocycles. The van der Waals surface area contributed by atoms with E-state index in [9.17, 15) is 19.8 Å². The van der Waals surface area contributed by atoms with E-state index in [0.717, 1.165) is 8.97 Å². The first-order chi connectivity index (χ1) is 25.6. The standard InChI is InChI=1S/2C21H46N.C4H6O6/c2*1-5-6-7-8-9-10-11-12-13-14-15-16-17-18-19-20-21-22(2,3)4;5-1(3(7)8)2(6)4(9)10/h2*5-21H2,1-4H3;1-2,5-6H,(H,7,8)(H,9,10)/q2*+1;/p-2. The maximum absolute atomic E-state index is 9.63. The zero-order valence-corrected chi connectivity index (χ0v) is 37.6. The van der Waals surface area contributed by atoms with Gasteiger partial charge in [0.05, 0.1) is 67.3 Å². The predicted octanol–water partition coefficient (Wildman–Crippen LogP) is 9.12. The number of carbonyl (C=O) groups is 2. The van der Waals surface area contributed by atoms with Crippen LogP contribution in [-0.4, -0.2) is 98.7 Å². The van der Waals surface area contributed by atoms with E-state index >= 15 is 0 Å². The summed E-state index contributed by atoms with van der Waals surface area (Å²) in [4.78, 5) is 19.3. The van der Waals surface area contributed by atoms with E-state index in [0.29, 0.717) is 0 Å². The van der Waals surface area contributed by atoms with Crippen LogP contribution in [0.1, 0.15) is 219 Å². The molecule has 0 amide bonds. The Hall–Kier alpha value is -1.22. The normalized spacial score (nSPS) is 12.7. The molecule has 8 heteroatoms. The average molecular weight is 773 g/mol. The molecule has 0 saturated heterocycles. The van der Waals surface area contributed by atoms with Gasteiger partial charge in [-0.15, -0.1) is 0 Å². The zero-order chi connectivity index (χ0) is 41.4. The van der Waals surface area contributed by atoms with Crippen molar-refractivity contribution in [3.8, 4) is 0 Å². The number of aliphatic hydroxyl groups is 2. The van der Waals surface area contributed by atoms with E-state index in [1.165, 1.54) is 219 Å². The molecular formula is C46H96N2O6. The van der Waals surface area contributed by atoms with Crippen LogP contribution in [0.4, 0.5) is 0 Å². The molecule has 54 heavy (non-hydrogen) atoms. The van der Waals surface area contributed by atoms with Crippen LogP contribution in [0.5, 0.6) is 0 Å². The topological polar surface area (TPSA) is 121 Å². The maximum Gasteiger partial charge on any atom is 0.124 e. The third kappa shape index (κ3) is 52.9. The van der Waals surface area contributed by atoms with Crippen molar-refractivity contribution >= 4 is 11.9 Å². The molecule has 2 atom stereocenters. The summed E-state index contributed by atoms with van der Waals surface area (Å²) in [6.07, 6.45) is 41.8. The molecule has 2 N–H and O–H groups in total. The summed E-state index contributed by atoms with van der Waals surface area (Å²) in [6.45, 7) is 7.26. The highest BCUT2D eigenvalue weighted by Gasteiger charge is 2.17. The van der Waals surface area contributed by atoms with Crippen molar-refractivity contribution < 1.29 is 39.0 Å². The molecule has 0 radical (unpaired) electrons. The minimum absolute atomic E-state index is 1.12. The van der Waals surface area contributed by atoms with Crippen molar-refractivity contribution in [2.24, 2.45) is 0 Å². The molecule has 0 rings (SSSR count). The van der Waals surface area contributed by atoms with Gasteiger partial charge in [-0.1, -0.05) is 194 Å². The number of carboxylic acids is 2. The Labute approximate surface area is 337 Å². The van der Waals surface area contributed by atoms with E-state index in [4.69, 9.17) is 10.2 Å². The van der Waals surface area contributed by atoms with Gasteiger partial charge >= 0.3 is 0 Å². The Morgan fingerprint density at radius 3 is 0.630 bits per heavy atom. The summed E-state index contributed by atoms with van der Waals surface area (Å²) >= 11 is 0. The van der Waals surface area contributed by atoms with Gasteiger partial charge in [-0.05, 0) is 25.7 Å². The van der Waals surface area contributed by atoms with Gasteiger partial charge in [-0.3, -0.25) is 0 Å². The van der Waals surface area contributed by atoms with Crippen LogP contribution in [0.2, 0.25) is 0 Å². The zero-order valence-electron chi connectivity index (χ0n) is 37.6. The molecule has 0 bridgehead atoms. The van der Waals surface area contributed by atoms with Gasteiger partial charge in [-0.25, -0.2) is 0 Å². The van der Waals surface area contributed by atoms with Gasteiger partial charge in [0, 0.05) is 0 Å². The Balaban J connectivity index is -0.000000774. The summed E-state index contributed by atoms with van der Waals surface area (Å²) in [5, 5.41) is 35.7. The van der Waals surface area contributed by atoms with E-state index in [2.05, 4.69) is 56.1 Å². The quantitative estimate of drug-likeness (QED) is 0.0480. The molecule has 326 valence electrons. The molecule has 0 aromatic carbocycles. The largest absolute Gasteiger partial charge is 0.547 e. The van der Waals surface area contributed by atoms with Gasteiger partial charge < -0.3 is 39.0 Å². The molecule has 0 spiro atoms. The smallest absolute Gasteiger partial charge is 0.124 e. The summed E-state index contributed by atoms with van der Waals surface area (Å²) in [5.74, 6) is -4.12. The summed E-state index contributed by atoms with van der Waals surface area (Å²) in [6, 6.07) is 0. The molecule has 0 aliphatic heterocycles. The maximum atomic E-state index is 9.63. The van der Waals surface area contributed by atoms with Crippen molar-refractivity contribution in [2.75, 3.05) is 55.4 Å². The van der Waals surface area contributed by atoms with E-state index < -0.39 is 24.1 Å². The number of hydrogen-bond donors (Lipinski definition) is 2. The molecule has 0 heterocycles. The van der Waals surface area contributed by atoms with Gasteiger partial charge in [0.2, 0.25) is 0 Å². The van der Waals surface area contributed by atoms with Crippen LogP contribution in [0.15, 0.2) is 0 Å². The van der Waals surface area contributed by atoms with E-state index in [-0.39, 0.29) is 0 Å². The fourth-order valence-electron chi connectivity index (χ4n) is 6.53. The minimum Gasteiger partial charge on any atom is -0.547 e. The number of quaternary nitrogens is 2. The second kappa shape index (κ2) is 41.4. The number of hydrogen-bond acceptors (Lipinski definition) is 6. The average Bonchev–Trinajstić information content (AvgIpc) is 3.10. The molecule has 0 aliphatic carbocycles. The number of nitrogens with zero attached hydrogens (tertiary/aromatic N) is 2. The number of unbranched alkanes of at least 4 members (excludes halogenated alkanes) is 30. The number of carbonyl (C=O) groups excluding carboxylic acids is 2. The highest BCUT2D eigenvalue weighted by molar-refractivity contribution is 5.80. The SMILES string of the molecule is CCCCCCCCCCCCCCCCCC[N+](C)(C)C.CCCCCCCCCCCCCCCCCC[N+](C)(C)C.O=C([O-])C(O)C(O)C(=O)[O-]. The van der Waals surface area contributed by atoms with Crippen molar-refractivity contribution in [3.63, 3.8) is 0 Å². The van der Waals surface area contributed by atoms with Crippen molar-refractivity contribution in [1.29, 1.82) is 0 Å². The van der Waals surface area contributed by atoms with Crippen molar-refractivity contribution in [2.45, 2.75) is 232 Å². The minimum atomic E-state index is -2.44. The van der Waals surface area contributed by atoms with Crippen molar-refractivity contribution in [3.05, 3.63) is 0 Å². The second-order valence-corrected chi connectivity index (χ2v) is 18.2.